The predicted octanol–water partition coefficient (Wildman–Crippen LogP) is -1.78. The van der Waals surface area contributed by atoms with Crippen molar-refractivity contribution in [2.45, 2.75) is 0 Å². The first kappa shape index (κ1) is 23.3. The number of aliphatic hydroxyl groups excluding tert-OH is 6. The molecule has 22 heavy (non-hydrogen) atoms. The first-order chi connectivity index (χ1) is 10.5. The molecule has 0 rings (SSSR count). The zero-order valence-corrected chi connectivity index (χ0v) is 12.7. The maximum Gasteiger partial charge on any atom is 0.0829 e. The molecule has 0 aromatic rings. The highest BCUT2D eigenvalue weighted by Crippen LogP contribution is 2.19. The minimum atomic E-state index is -1.16. The molecule has 6 N–H and O–H groups in total. The molecule has 132 valence electrons. The lowest BCUT2D eigenvalue weighted by atomic mass is 9.91. The fraction of sp³-hybridized carbons (Fsp3) is 0.714. The fourth-order valence-corrected chi connectivity index (χ4v) is 1.13. The topological polar surface area (TPSA) is 140 Å². The summed E-state index contributed by atoms with van der Waals surface area (Å²) in [5, 5.41) is 54.2. The Balaban J connectivity index is 0. The van der Waals surface area contributed by atoms with Crippen molar-refractivity contribution in [1.82, 2.24) is 0 Å². The Bertz CT molecular complexity index is 231. The molecule has 0 aliphatic carbocycles. The summed E-state index contributed by atoms with van der Waals surface area (Å²) < 4.78 is 9.51. The molecule has 0 aromatic heterocycles. The SMILES string of the molecule is C=COC=C.OCC(CO)(CO)COCC(CO)(CO)CO. The van der Waals surface area contributed by atoms with Gasteiger partial charge < -0.3 is 40.1 Å². The normalized spacial score (nSPS) is 11.4. The van der Waals surface area contributed by atoms with E-state index in [0.29, 0.717) is 0 Å². The Kier molecular flexibility index (Phi) is 14.4. The third-order valence-electron chi connectivity index (χ3n) is 3.02. The Morgan fingerprint density at radius 2 is 0.909 bits per heavy atom. The molecule has 0 unspecified atom stereocenters. The second-order valence-electron chi connectivity index (χ2n) is 4.91. The van der Waals surface area contributed by atoms with Gasteiger partial charge in [-0.05, 0) is 0 Å². The molecule has 0 atom stereocenters. The van der Waals surface area contributed by atoms with Crippen LogP contribution in [0.25, 0.3) is 0 Å². The molecule has 0 bridgehead atoms. The molecule has 0 spiro atoms. The second kappa shape index (κ2) is 13.6. The lowest BCUT2D eigenvalue weighted by Crippen LogP contribution is -2.43. The van der Waals surface area contributed by atoms with E-state index < -0.39 is 50.5 Å². The van der Waals surface area contributed by atoms with E-state index in [9.17, 15) is 0 Å². The summed E-state index contributed by atoms with van der Waals surface area (Å²) in [4.78, 5) is 0. The summed E-state index contributed by atoms with van der Waals surface area (Å²) in [6.07, 6.45) is 2.62. The lowest BCUT2D eigenvalue weighted by molar-refractivity contribution is -0.103. The molecule has 0 fully saturated rings. The van der Waals surface area contributed by atoms with Crippen molar-refractivity contribution in [1.29, 1.82) is 0 Å². The van der Waals surface area contributed by atoms with Gasteiger partial charge in [0, 0.05) is 0 Å². The van der Waals surface area contributed by atoms with Gasteiger partial charge in [-0.1, -0.05) is 13.2 Å². The van der Waals surface area contributed by atoms with Gasteiger partial charge in [-0.15, -0.1) is 0 Å². The molecule has 8 heteroatoms. The van der Waals surface area contributed by atoms with Crippen LogP contribution in [0.4, 0.5) is 0 Å². The Morgan fingerprint density at radius 3 is 1.05 bits per heavy atom. The van der Waals surface area contributed by atoms with E-state index in [0.717, 1.165) is 0 Å². The maximum atomic E-state index is 9.03. The first-order valence-corrected chi connectivity index (χ1v) is 6.59. The van der Waals surface area contributed by atoms with Gasteiger partial charge >= 0.3 is 0 Å². The molecule has 0 aliphatic heterocycles. The molecule has 0 saturated carbocycles. The average Bonchev–Trinajstić information content (AvgIpc) is 2.58. The summed E-state index contributed by atoms with van der Waals surface area (Å²) in [6, 6.07) is 0. The Labute approximate surface area is 130 Å². The minimum absolute atomic E-state index is 0.141. The van der Waals surface area contributed by atoms with E-state index in [-0.39, 0.29) is 13.2 Å². The van der Waals surface area contributed by atoms with Crippen LogP contribution in [-0.2, 0) is 9.47 Å². The quantitative estimate of drug-likeness (QED) is 0.232. The Morgan fingerprint density at radius 1 is 0.636 bits per heavy atom. The fourth-order valence-electron chi connectivity index (χ4n) is 1.13. The van der Waals surface area contributed by atoms with Crippen molar-refractivity contribution in [2.75, 3.05) is 52.9 Å². The Hall–Kier alpha value is -1.00. The van der Waals surface area contributed by atoms with Crippen LogP contribution in [0.2, 0.25) is 0 Å². The highest BCUT2D eigenvalue weighted by atomic mass is 16.5. The number of hydrogen-bond acceptors (Lipinski definition) is 8. The van der Waals surface area contributed by atoms with Crippen LogP contribution in [0.5, 0.6) is 0 Å². The average molecular weight is 324 g/mol. The lowest BCUT2D eigenvalue weighted by Gasteiger charge is -2.31. The summed E-state index contributed by atoms with van der Waals surface area (Å²) in [5.41, 5.74) is -2.32. The van der Waals surface area contributed by atoms with E-state index >= 15 is 0 Å². The van der Waals surface area contributed by atoms with Crippen LogP contribution in [0.1, 0.15) is 0 Å². The van der Waals surface area contributed by atoms with Crippen molar-refractivity contribution in [2.24, 2.45) is 10.8 Å². The van der Waals surface area contributed by atoms with Crippen LogP contribution < -0.4 is 0 Å². The number of rotatable bonds is 12. The van der Waals surface area contributed by atoms with Gasteiger partial charge in [0.1, 0.15) is 0 Å². The van der Waals surface area contributed by atoms with Gasteiger partial charge in [0.25, 0.3) is 0 Å². The summed E-state index contributed by atoms with van der Waals surface area (Å²) in [5.74, 6) is 0. The number of ether oxygens (including phenoxy) is 2. The molecule has 0 saturated heterocycles. The summed E-state index contributed by atoms with van der Waals surface area (Å²) >= 11 is 0. The molecular formula is C14H28O8. The molecule has 0 aromatic carbocycles. The monoisotopic (exact) mass is 324 g/mol. The maximum absolute atomic E-state index is 9.03. The first-order valence-electron chi connectivity index (χ1n) is 6.59. The molecule has 0 amide bonds. The van der Waals surface area contributed by atoms with Gasteiger partial charge in [0.05, 0.1) is 76.2 Å². The van der Waals surface area contributed by atoms with Gasteiger partial charge in [0.15, 0.2) is 0 Å². The van der Waals surface area contributed by atoms with Crippen LogP contribution in [0.15, 0.2) is 25.7 Å². The van der Waals surface area contributed by atoms with Crippen LogP contribution in [0.3, 0.4) is 0 Å². The zero-order valence-electron chi connectivity index (χ0n) is 12.7. The highest BCUT2D eigenvalue weighted by molar-refractivity contribution is 4.80. The zero-order chi connectivity index (χ0) is 17.5. The van der Waals surface area contributed by atoms with E-state index in [4.69, 9.17) is 35.4 Å². The van der Waals surface area contributed by atoms with Crippen molar-refractivity contribution >= 4 is 0 Å². The van der Waals surface area contributed by atoms with Gasteiger partial charge in [-0.2, -0.15) is 0 Å². The van der Waals surface area contributed by atoms with Gasteiger partial charge in [-0.25, -0.2) is 0 Å². The predicted molar refractivity (Wildman–Crippen MR) is 79.7 cm³/mol. The molecule has 0 heterocycles. The third kappa shape index (κ3) is 8.44. The number of aliphatic hydroxyl groups is 6. The van der Waals surface area contributed by atoms with Crippen LogP contribution >= 0.6 is 0 Å². The molecule has 8 nitrogen and oxygen atoms in total. The minimum Gasteiger partial charge on any atom is -0.474 e. The largest absolute Gasteiger partial charge is 0.474 e. The van der Waals surface area contributed by atoms with E-state index in [1.807, 2.05) is 0 Å². The van der Waals surface area contributed by atoms with Crippen LogP contribution in [0, 0.1) is 10.8 Å². The molecule has 0 radical (unpaired) electrons. The van der Waals surface area contributed by atoms with E-state index in [1.54, 1.807) is 0 Å². The summed E-state index contributed by atoms with van der Waals surface area (Å²) in [6.45, 7) is 3.51. The van der Waals surface area contributed by atoms with E-state index in [2.05, 4.69) is 17.9 Å². The van der Waals surface area contributed by atoms with Gasteiger partial charge in [-0.3, -0.25) is 0 Å². The number of hydrogen-bond donors (Lipinski definition) is 6. The van der Waals surface area contributed by atoms with Crippen molar-refractivity contribution in [3.63, 3.8) is 0 Å². The summed E-state index contributed by atoms with van der Waals surface area (Å²) in [7, 11) is 0. The van der Waals surface area contributed by atoms with Crippen LogP contribution in [-0.4, -0.2) is 83.5 Å². The smallest absolute Gasteiger partial charge is 0.0829 e. The van der Waals surface area contributed by atoms with Gasteiger partial charge in [0.2, 0.25) is 0 Å². The van der Waals surface area contributed by atoms with E-state index in [1.165, 1.54) is 12.5 Å². The third-order valence-corrected chi connectivity index (χ3v) is 3.02. The highest BCUT2D eigenvalue weighted by Gasteiger charge is 2.32. The van der Waals surface area contributed by atoms with Crippen molar-refractivity contribution < 1.29 is 40.1 Å². The molecule has 0 aliphatic rings. The standard InChI is InChI=1S/C10H22O7.C4H6O/c11-1-9(2-12,3-13)7-17-8-10(4-14,5-15)6-16;1-3-5-4-2/h11-16H,1-8H2;3-4H,1-2H2. The van der Waals surface area contributed by atoms with Crippen molar-refractivity contribution in [3.8, 4) is 0 Å². The second-order valence-corrected chi connectivity index (χ2v) is 4.91. The van der Waals surface area contributed by atoms with Crippen molar-refractivity contribution in [3.05, 3.63) is 25.7 Å². The molecular weight excluding hydrogens is 296 g/mol.